The molecule has 3 N–H and O–H groups in total. The van der Waals surface area contributed by atoms with Crippen LogP contribution in [0, 0.1) is 0 Å². The van der Waals surface area contributed by atoms with Gasteiger partial charge in [0.15, 0.2) is 6.10 Å². The fraction of sp³-hybridized carbons (Fsp3) is 0.938. The Kier molecular flexibility index (Phi) is 13.9. The van der Waals surface area contributed by atoms with E-state index in [1.54, 1.807) is 0 Å². The molecule has 2 unspecified atom stereocenters. The van der Waals surface area contributed by atoms with Crippen LogP contribution in [-0.2, 0) is 9.53 Å². The molecule has 0 amide bonds. The molecule has 0 aliphatic rings. The van der Waals surface area contributed by atoms with Gasteiger partial charge >= 0.3 is 5.97 Å². The van der Waals surface area contributed by atoms with Crippen LogP contribution in [-0.4, -0.2) is 46.7 Å². The third-order valence-electron chi connectivity index (χ3n) is 3.49. The van der Waals surface area contributed by atoms with Crippen LogP contribution in [0.5, 0.6) is 0 Å². The van der Waals surface area contributed by atoms with E-state index in [0.29, 0.717) is 19.4 Å². The molecule has 0 spiro atoms. The third kappa shape index (κ3) is 12.8. The topological polar surface area (TPSA) is 87.0 Å². The van der Waals surface area contributed by atoms with Crippen LogP contribution >= 0.6 is 0 Å². The Balaban J connectivity index is 3.40. The van der Waals surface area contributed by atoms with Crippen molar-refractivity contribution in [1.29, 1.82) is 0 Å². The molecule has 2 atom stereocenters. The van der Waals surface area contributed by atoms with E-state index < -0.39 is 18.2 Å². The normalized spacial score (nSPS) is 13.9. The molecule has 0 aromatic carbocycles. The lowest BCUT2D eigenvalue weighted by Gasteiger charge is -2.10. The predicted octanol–water partition coefficient (Wildman–Crippen LogP) is 2.16. The van der Waals surface area contributed by atoms with Crippen LogP contribution in [0.2, 0.25) is 0 Å². The van der Waals surface area contributed by atoms with Gasteiger partial charge < -0.3 is 20.1 Å². The van der Waals surface area contributed by atoms with Gasteiger partial charge in [-0.15, -0.1) is 0 Å². The zero-order valence-corrected chi connectivity index (χ0v) is 13.3. The maximum Gasteiger partial charge on any atom is 0.334 e. The molecule has 0 aliphatic heterocycles. The van der Waals surface area contributed by atoms with Crippen LogP contribution in [0.25, 0.3) is 0 Å². The van der Waals surface area contributed by atoms with Crippen molar-refractivity contribution >= 4 is 5.97 Å². The van der Waals surface area contributed by atoms with Crippen LogP contribution in [0.3, 0.4) is 0 Å². The second kappa shape index (κ2) is 14.3. The van der Waals surface area contributed by atoms with E-state index in [4.69, 9.17) is 14.9 Å². The van der Waals surface area contributed by atoms with Crippen molar-refractivity contribution < 1.29 is 24.9 Å². The quantitative estimate of drug-likeness (QED) is 0.338. The zero-order chi connectivity index (χ0) is 15.9. The number of esters is 1. The number of hydrogen-bond acceptors (Lipinski definition) is 5. The largest absolute Gasteiger partial charge is 0.464 e. The maximum atomic E-state index is 11.5. The minimum Gasteiger partial charge on any atom is -0.464 e. The van der Waals surface area contributed by atoms with Gasteiger partial charge in [0, 0.05) is 0 Å². The van der Waals surface area contributed by atoms with E-state index in [-0.39, 0.29) is 6.61 Å². The van der Waals surface area contributed by atoms with Crippen molar-refractivity contribution in [1.82, 2.24) is 0 Å². The Morgan fingerprint density at radius 2 is 1.57 bits per heavy atom. The number of carbonyl (C=O) groups is 1. The second-order valence-electron chi connectivity index (χ2n) is 5.57. The highest BCUT2D eigenvalue weighted by Crippen LogP contribution is 2.08. The molecular formula is C16H32O5. The Bertz CT molecular complexity index is 245. The number of hydrogen-bond donors (Lipinski definition) is 3. The molecule has 0 saturated heterocycles. The van der Waals surface area contributed by atoms with Crippen molar-refractivity contribution in [3.63, 3.8) is 0 Å². The molecule has 0 bridgehead atoms. The first-order valence-electron chi connectivity index (χ1n) is 8.25. The number of carbonyl (C=O) groups excluding carboxylic acids is 1. The van der Waals surface area contributed by atoms with Crippen molar-refractivity contribution in [3.8, 4) is 0 Å². The van der Waals surface area contributed by atoms with Gasteiger partial charge in [-0.3, -0.25) is 0 Å². The second-order valence-corrected chi connectivity index (χ2v) is 5.57. The molecule has 0 rings (SSSR count). The minimum absolute atomic E-state index is 0.187. The number of aliphatic hydroxyl groups is 3. The molecule has 21 heavy (non-hydrogen) atoms. The van der Waals surface area contributed by atoms with E-state index in [0.717, 1.165) is 51.4 Å². The van der Waals surface area contributed by atoms with E-state index >= 15 is 0 Å². The fourth-order valence-corrected chi connectivity index (χ4v) is 2.08. The lowest BCUT2D eigenvalue weighted by molar-refractivity contribution is -0.154. The molecular weight excluding hydrogens is 272 g/mol. The molecule has 0 aliphatic carbocycles. The molecule has 0 aromatic rings. The van der Waals surface area contributed by atoms with Gasteiger partial charge in [-0.1, -0.05) is 51.9 Å². The number of unbranched alkanes of at least 4 members (excludes halogenated alkanes) is 6. The Morgan fingerprint density at radius 3 is 2.24 bits per heavy atom. The summed E-state index contributed by atoms with van der Waals surface area (Å²) >= 11 is 0. The average molecular weight is 304 g/mol. The summed E-state index contributed by atoms with van der Waals surface area (Å²) in [5.74, 6) is -0.512. The van der Waals surface area contributed by atoms with E-state index in [1.165, 1.54) is 0 Å². The van der Waals surface area contributed by atoms with Crippen molar-refractivity contribution in [3.05, 3.63) is 0 Å². The van der Waals surface area contributed by atoms with E-state index in [1.807, 2.05) is 0 Å². The SMILES string of the molecule is CCCCCCC(O)C(=O)OCCCCCCC(O)CO. The van der Waals surface area contributed by atoms with Crippen LogP contribution in [0.1, 0.15) is 71.1 Å². The summed E-state index contributed by atoms with van der Waals surface area (Å²) in [7, 11) is 0. The summed E-state index contributed by atoms with van der Waals surface area (Å²) in [6, 6.07) is 0. The summed E-state index contributed by atoms with van der Waals surface area (Å²) < 4.78 is 5.03. The van der Waals surface area contributed by atoms with Gasteiger partial charge in [0.1, 0.15) is 0 Å². The van der Waals surface area contributed by atoms with Crippen LogP contribution in [0.4, 0.5) is 0 Å². The highest BCUT2D eigenvalue weighted by atomic mass is 16.5. The molecule has 0 radical (unpaired) electrons. The molecule has 5 nitrogen and oxygen atoms in total. The standard InChI is InChI=1S/C16H32O5/c1-2-3-4-8-11-15(19)16(20)21-12-9-6-5-7-10-14(18)13-17/h14-15,17-19H,2-13H2,1H3. The lowest BCUT2D eigenvalue weighted by atomic mass is 10.1. The van der Waals surface area contributed by atoms with Crippen molar-refractivity contribution in [2.75, 3.05) is 13.2 Å². The molecule has 5 heteroatoms. The first kappa shape index (κ1) is 20.3. The Labute approximate surface area is 128 Å². The van der Waals surface area contributed by atoms with Crippen molar-refractivity contribution in [2.45, 2.75) is 83.3 Å². The van der Waals surface area contributed by atoms with Gasteiger partial charge in [-0.25, -0.2) is 4.79 Å². The highest BCUT2D eigenvalue weighted by molar-refractivity contribution is 5.74. The monoisotopic (exact) mass is 304 g/mol. The molecule has 0 fully saturated rings. The van der Waals surface area contributed by atoms with E-state index in [9.17, 15) is 9.90 Å². The zero-order valence-electron chi connectivity index (χ0n) is 13.3. The van der Waals surface area contributed by atoms with Gasteiger partial charge in [-0.2, -0.15) is 0 Å². The minimum atomic E-state index is -0.985. The van der Waals surface area contributed by atoms with Crippen LogP contribution < -0.4 is 0 Å². The van der Waals surface area contributed by atoms with Gasteiger partial charge in [0.25, 0.3) is 0 Å². The summed E-state index contributed by atoms with van der Waals surface area (Å²) in [5.41, 5.74) is 0. The number of ether oxygens (including phenoxy) is 1. The summed E-state index contributed by atoms with van der Waals surface area (Å²) in [4.78, 5) is 11.5. The molecule has 0 heterocycles. The van der Waals surface area contributed by atoms with Gasteiger partial charge in [0.05, 0.1) is 19.3 Å². The Morgan fingerprint density at radius 1 is 0.952 bits per heavy atom. The molecule has 0 saturated carbocycles. The summed E-state index contributed by atoms with van der Waals surface area (Å²) in [6.45, 7) is 2.27. The van der Waals surface area contributed by atoms with Gasteiger partial charge in [0.2, 0.25) is 0 Å². The number of aliphatic hydroxyl groups excluding tert-OH is 3. The first-order chi connectivity index (χ1) is 10.1. The Hall–Kier alpha value is -0.650. The average Bonchev–Trinajstić information content (AvgIpc) is 2.49. The summed E-state index contributed by atoms with van der Waals surface area (Å²) in [6.07, 6.45) is 7.13. The highest BCUT2D eigenvalue weighted by Gasteiger charge is 2.15. The lowest BCUT2D eigenvalue weighted by Crippen LogP contribution is -2.23. The van der Waals surface area contributed by atoms with Gasteiger partial charge in [-0.05, 0) is 19.3 Å². The fourth-order valence-electron chi connectivity index (χ4n) is 2.08. The number of rotatable bonds is 14. The first-order valence-corrected chi connectivity index (χ1v) is 8.25. The molecule has 0 aromatic heterocycles. The van der Waals surface area contributed by atoms with E-state index in [2.05, 4.69) is 6.92 Å². The predicted molar refractivity (Wildman–Crippen MR) is 81.9 cm³/mol. The molecule has 126 valence electrons. The maximum absolute atomic E-state index is 11.5. The van der Waals surface area contributed by atoms with Crippen LogP contribution in [0.15, 0.2) is 0 Å². The van der Waals surface area contributed by atoms with Crippen molar-refractivity contribution in [2.24, 2.45) is 0 Å². The third-order valence-corrected chi connectivity index (χ3v) is 3.49. The smallest absolute Gasteiger partial charge is 0.334 e. The summed E-state index contributed by atoms with van der Waals surface area (Å²) in [5, 5.41) is 27.4.